The van der Waals surface area contributed by atoms with Gasteiger partial charge in [0, 0.05) is 10.9 Å². The second-order valence-electron chi connectivity index (χ2n) is 3.09. The lowest BCUT2D eigenvalue weighted by Gasteiger charge is -2.18. The first-order chi connectivity index (χ1) is 6.20. The predicted octanol–water partition coefficient (Wildman–Crippen LogP) is 2.72. The summed E-state index contributed by atoms with van der Waals surface area (Å²) >= 11 is 3.41. The van der Waals surface area contributed by atoms with Crippen LogP contribution >= 0.6 is 15.9 Å². The number of aryl methyl sites for hydroxylation is 1. The van der Waals surface area contributed by atoms with E-state index in [-0.39, 0.29) is 5.78 Å². The standard InChI is InChI=1S/C10H9BrO2/c1-6-2-3-8-9(10(6)11)7(12)4-5-13-8/h2-3H,4-5H2,1H3. The lowest BCUT2D eigenvalue weighted by molar-refractivity contribution is 0.0932. The molecular formula is C10H9BrO2. The first kappa shape index (κ1) is 8.75. The summed E-state index contributed by atoms with van der Waals surface area (Å²) in [5, 5.41) is 0. The summed E-state index contributed by atoms with van der Waals surface area (Å²) in [6.45, 7) is 2.47. The van der Waals surface area contributed by atoms with Crippen LogP contribution in [0.1, 0.15) is 22.3 Å². The summed E-state index contributed by atoms with van der Waals surface area (Å²) in [6, 6.07) is 3.80. The molecule has 2 rings (SSSR count). The minimum Gasteiger partial charge on any atom is -0.492 e. The molecule has 0 fully saturated rings. The Morgan fingerprint density at radius 3 is 3.00 bits per heavy atom. The highest BCUT2D eigenvalue weighted by Crippen LogP contribution is 2.33. The highest BCUT2D eigenvalue weighted by atomic mass is 79.9. The Hall–Kier alpha value is -0.830. The molecule has 3 heteroatoms. The molecule has 1 aliphatic rings. The van der Waals surface area contributed by atoms with Crippen LogP contribution in [0.5, 0.6) is 5.75 Å². The molecule has 0 bridgehead atoms. The zero-order valence-electron chi connectivity index (χ0n) is 7.26. The number of ether oxygens (including phenoxy) is 1. The summed E-state index contributed by atoms with van der Waals surface area (Å²) in [6.07, 6.45) is 0.481. The molecule has 1 aromatic rings. The molecule has 0 spiro atoms. The summed E-state index contributed by atoms with van der Waals surface area (Å²) in [5.74, 6) is 0.866. The number of hydrogen-bond donors (Lipinski definition) is 0. The van der Waals surface area contributed by atoms with Crippen LogP contribution in [-0.4, -0.2) is 12.4 Å². The van der Waals surface area contributed by atoms with E-state index in [4.69, 9.17) is 4.74 Å². The van der Waals surface area contributed by atoms with Gasteiger partial charge in [-0.2, -0.15) is 0 Å². The number of carbonyl (C=O) groups excluding carboxylic acids is 1. The third-order valence-electron chi connectivity index (χ3n) is 2.16. The Labute approximate surface area is 85.0 Å². The maximum Gasteiger partial charge on any atom is 0.171 e. The molecule has 0 saturated carbocycles. The smallest absolute Gasteiger partial charge is 0.171 e. The lowest BCUT2D eigenvalue weighted by atomic mass is 10.0. The Bertz CT molecular complexity index is 371. The fourth-order valence-corrected chi connectivity index (χ4v) is 1.97. The summed E-state index contributed by atoms with van der Waals surface area (Å²) < 4.78 is 6.25. The van der Waals surface area contributed by atoms with Crippen molar-refractivity contribution in [2.45, 2.75) is 13.3 Å². The molecule has 0 atom stereocenters. The van der Waals surface area contributed by atoms with Crippen LogP contribution in [0.15, 0.2) is 16.6 Å². The lowest BCUT2D eigenvalue weighted by Crippen LogP contribution is -2.16. The number of hydrogen-bond acceptors (Lipinski definition) is 2. The normalized spacial score (nSPS) is 15.1. The zero-order chi connectivity index (χ0) is 9.42. The van der Waals surface area contributed by atoms with Crippen molar-refractivity contribution in [3.05, 3.63) is 27.7 Å². The number of benzene rings is 1. The van der Waals surface area contributed by atoms with Crippen molar-refractivity contribution in [1.29, 1.82) is 0 Å². The number of fused-ring (bicyclic) bond motifs is 1. The van der Waals surface area contributed by atoms with Crippen LogP contribution in [-0.2, 0) is 0 Å². The van der Waals surface area contributed by atoms with Crippen LogP contribution in [0.2, 0.25) is 0 Å². The van der Waals surface area contributed by atoms with Gasteiger partial charge in [0.25, 0.3) is 0 Å². The first-order valence-electron chi connectivity index (χ1n) is 4.15. The van der Waals surface area contributed by atoms with Gasteiger partial charge < -0.3 is 4.74 Å². The Balaban J connectivity index is 2.65. The van der Waals surface area contributed by atoms with Crippen LogP contribution in [0.3, 0.4) is 0 Å². The molecule has 0 N–H and O–H groups in total. The molecule has 0 aliphatic carbocycles. The molecule has 1 aliphatic heterocycles. The van der Waals surface area contributed by atoms with Gasteiger partial charge in [0.2, 0.25) is 0 Å². The Kier molecular flexibility index (Phi) is 2.12. The second kappa shape index (κ2) is 3.14. The SMILES string of the molecule is Cc1ccc2c(c1Br)C(=O)CCO2. The molecule has 0 amide bonds. The maximum atomic E-state index is 11.5. The number of ketones is 1. The first-order valence-corrected chi connectivity index (χ1v) is 4.94. The minimum absolute atomic E-state index is 0.164. The van der Waals surface area contributed by atoms with E-state index < -0.39 is 0 Å². The van der Waals surface area contributed by atoms with Crippen LogP contribution in [0.4, 0.5) is 0 Å². The summed E-state index contributed by atoms with van der Waals surface area (Å²) in [7, 11) is 0. The molecule has 0 saturated heterocycles. The maximum absolute atomic E-state index is 11.5. The quantitative estimate of drug-likeness (QED) is 0.698. The van der Waals surface area contributed by atoms with Gasteiger partial charge in [0.05, 0.1) is 12.2 Å². The van der Waals surface area contributed by atoms with Crippen molar-refractivity contribution in [2.24, 2.45) is 0 Å². The highest BCUT2D eigenvalue weighted by Gasteiger charge is 2.21. The van der Waals surface area contributed by atoms with Gasteiger partial charge in [-0.3, -0.25) is 4.79 Å². The molecule has 0 aromatic heterocycles. The van der Waals surface area contributed by atoms with Crippen molar-refractivity contribution in [3.63, 3.8) is 0 Å². The summed E-state index contributed by atoms with van der Waals surface area (Å²) in [4.78, 5) is 11.5. The zero-order valence-corrected chi connectivity index (χ0v) is 8.85. The van der Waals surface area contributed by atoms with Gasteiger partial charge in [-0.05, 0) is 34.5 Å². The monoisotopic (exact) mass is 240 g/mol. The number of halogens is 1. The van der Waals surface area contributed by atoms with E-state index in [1.54, 1.807) is 0 Å². The van der Waals surface area contributed by atoms with Crippen LogP contribution < -0.4 is 4.74 Å². The molecule has 0 radical (unpaired) electrons. The van der Waals surface area contributed by atoms with E-state index in [1.807, 2.05) is 19.1 Å². The van der Waals surface area contributed by atoms with Gasteiger partial charge in [-0.1, -0.05) is 6.07 Å². The molecule has 1 aromatic carbocycles. The fraction of sp³-hybridized carbons (Fsp3) is 0.300. The van der Waals surface area contributed by atoms with E-state index in [2.05, 4.69) is 15.9 Å². The van der Waals surface area contributed by atoms with E-state index in [0.717, 1.165) is 10.0 Å². The molecule has 0 unspecified atom stereocenters. The molecule has 68 valence electrons. The van der Waals surface area contributed by atoms with Gasteiger partial charge in [0.1, 0.15) is 5.75 Å². The number of carbonyl (C=O) groups is 1. The van der Waals surface area contributed by atoms with Crippen molar-refractivity contribution < 1.29 is 9.53 Å². The Morgan fingerprint density at radius 1 is 1.46 bits per heavy atom. The van der Waals surface area contributed by atoms with Gasteiger partial charge >= 0.3 is 0 Å². The van der Waals surface area contributed by atoms with Gasteiger partial charge in [0.15, 0.2) is 5.78 Å². The molecule has 13 heavy (non-hydrogen) atoms. The minimum atomic E-state index is 0.164. The van der Waals surface area contributed by atoms with Crippen molar-refractivity contribution >= 4 is 21.7 Å². The average Bonchev–Trinajstić information content (AvgIpc) is 2.12. The van der Waals surface area contributed by atoms with E-state index in [9.17, 15) is 4.79 Å². The topological polar surface area (TPSA) is 26.3 Å². The second-order valence-corrected chi connectivity index (χ2v) is 3.88. The van der Waals surface area contributed by atoms with E-state index in [0.29, 0.717) is 24.3 Å². The highest BCUT2D eigenvalue weighted by molar-refractivity contribution is 9.10. The van der Waals surface area contributed by atoms with E-state index in [1.165, 1.54) is 0 Å². The molecular weight excluding hydrogens is 232 g/mol. The molecule has 2 nitrogen and oxygen atoms in total. The summed E-state index contributed by atoms with van der Waals surface area (Å²) in [5.41, 5.74) is 1.77. The van der Waals surface area contributed by atoms with Crippen molar-refractivity contribution in [3.8, 4) is 5.75 Å². The third kappa shape index (κ3) is 1.37. The molecule has 1 heterocycles. The van der Waals surface area contributed by atoms with Crippen molar-refractivity contribution in [1.82, 2.24) is 0 Å². The third-order valence-corrected chi connectivity index (χ3v) is 3.18. The number of Topliss-reactive ketones (excluding diaryl/α,β-unsaturated/α-hetero) is 1. The predicted molar refractivity (Wildman–Crippen MR) is 53.3 cm³/mol. The van der Waals surface area contributed by atoms with Crippen molar-refractivity contribution in [2.75, 3.05) is 6.61 Å². The Morgan fingerprint density at radius 2 is 2.23 bits per heavy atom. The van der Waals surface area contributed by atoms with Crippen LogP contribution in [0, 0.1) is 6.92 Å². The largest absolute Gasteiger partial charge is 0.492 e. The van der Waals surface area contributed by atoms with Gasteiger partial charge in [-0.25, -0.2) is 0 Å². The van der Waals surface area contributed by atoms with Crippen LogP contribution in [0.25, 0.3) is 0 Å². The van der Waals surface area contributed by atoms with E-state index >= 15 is 0 Å². The fourth-order valence-electron chi connectivity index (χ4n) is 1.42. The number of rotatable bonds is 0. The average molecular weight is 241 g/mol. The van der Waals surface area contributed by atoms with Gasteiger partial charge in [-0.15, -0.1) is 0 Å².